The zero-order chi connectivity index (χ0) is 13.2. The molecule has 19 heavy (non-hydrogen) atoms. The molecule has 0 unspecified atom stereocenters. The third kappa shape index (κ3) is 2.08. The van der Waals surface area contributed by atoms with Gasteiger partial charge in [-0.1, -0.05) is 24.3 Å². The minimum Gasteiger partial charge on any atom is -0.309 e. The molecule has 2 aromatic rings. The van der Waals surface area contributed by atoms with E-state index in [-0.39, 0.29) is 12.5 Å². The average Bonchev–Trinajstić information content (AvgIpc) is 2.76. The maximum atomic E-state index is 12.1. The van der Waals surface area contributed by atoms with Gasteiger partial charge in [0.15, 0.2) is 5.11 Å². The molecule has 1 amide bonds. The van der Waals surface area contributed by atoms with Gasteiger partial charge in [0.05, 0.1) is 0 Å². The molecule has 0 N–H and O–H groups in total. The minimum absolute atomic E-state index is 0.0625. The Balaban J connectivity index is 1.94. The molecule has 0 radical (unpaired) electrons. The van der Waals surface area contributed by atoms with Crippen LogP contribution < -0.4 is 9.80 Å². The number of aromatic nitrogens is 1. The summed E-state index contributed by atoms with van der Waals surface area (Å²) >= 11 is 5.39. The maximum Gasteiger partial charge on any atom is 0.254 e. The predicted molar refractivity (Wildman–Crippen MR) is 78.1 cm³/mol. The molecule has 1 fully saturated rings. The normalized spacial score (nSPS) is 15.2. The number of thiocarbonyl (C=S) groups is 1. The van der Waals surface area contributed by atoms with Crippen molar-refractivity contribution < 1.29 is 4.79 Å². The molecule has 3 rings (SSSR count). The molecule has 0 atom stereocenters. The van der Waals surface area contributed by atoms with Crippen LogP contribution in [0.3, 0.4) is 0 Å². The summed E-state index contributed by atoms with van der Waals surface area (Å²) in [7, 11) is 0. The molecule has 0 aliphatic carbocycles. The first kappa shape index (κ1) is 11.8. The van der Waals surface area contributed by atoms with Crippen LogP contribution in [0.5, 0.6) is 0 Å². The van der Waals surface area contributed by atoms with E-state index in [1.807, 2.05) is 47.4 Å². The van der Waals surface area contributed by atoms with E-state index in [2.05, 4.69) is 4.98 Å². The van der Waals surface area contributed by atoms with E-state index in [0.717, 1.165) is 5.69 Å². The summed E-state index contributed by atoms with van der Waals surface area (Å²) in [6.45, 7) is 0.249. The van der Waals surface area contributed by atoms with Crippen LogP contribution in [0.25, 0.3) is 0 Å². The van der Waals surface area contributed by atoms with Crippen LogP contribution in [0.2, 0.25) is 0 Å². The van der Waals surface area contributed by atoms with Crippen LogP contribution in [0.4, 0.5) is 11.5 Å². The third-order valence-corrected chi connectivity index (χ3v) is 3.31. The lowest BCUT2D eigenvalue weighted by Crippen LogP contribution is -2.33. The number of pyridine rings is 1. The highest BCUT2D eigenvalue weighted by molar-refractivity contribution is 7.81. The number of carbonyl (C=O) groups excluding carboxylic acids is 1. The fraction of sp³-hybridized carbons (Fsp3) is 0.0714. The maximum absolute atomic E-state index is 12.1. The Morgan fingerprint density at radius 1 is 1.05 bits per heavy atom. The molecule has 1 saturated heterocycles. The minimum atomic E-state index is -0.0625. The number of hydrogen-bond donors (Lipinski definition) is 0. The fourth-order valence-corrected chi connectivity index (χ4v) is 2.39. The number of para-hydroxylation sites is 1. The summed E-state index contributed by atoms with van der Waals surface area (Å²) in [6.07, 6.45) is 1.65. The first-order chi connectivity index (χ1) is 9.27. The third-order valence-electron chi connectivity index (χ3n) is 2.91. The van der Waals surface area contributed by atoms with Crippen molar-refractivity contribution in [2.75, 3.05) is 16.3 Å². The number of benzene rings is 1. The van der Waals surface area contributed by atoms with Crippen molar-refractivity contribution in [3.05, 3.63) is 54.7 Å². The topological polar surface area (TPSA) is 36.4 Å². The predicted octanol–water partition coefficient (Wildman–Crippen LogP) is 2.22. The van der Waals surface area contributed by atoms with Crippen LogP contribution >= 0.6 is 12.2 Å². The number of nitrogens with zero attached hydrogens (tertiary/aromatic N) is 3. The van der Waals surface area contributed by atoms with E-state index in [1.165, 1.54) is 4.90 Å². The van der Waals surface area contributed by atoms with Gasteiger partial charge in [0, 0.05) is 11.9 Å². The number of rotatable bonds is 2. The van der Waals surface area contributed by atoms with E-state index in [0.29, 0.717) is 10.9 Å². The number of amides is 1. The molecule has 4 nitrogen and oxygen atoms in total. The Bertz CT molecular complexity index is 615. The van der Waals surface area contributed by atoms with Crippen molar-refractivity contribution in [2.24, 2.45) is 0 Å². The summed E-state index contributed by atoms with van der Waals surface area (Å²) in [5.74, 6) is 0.503. The Hall–Kier alpha value is -2.27. The quantitative estimate of drug-likeness (QED) is 0.783. The lowest BCUT2D eigenvalue weighted by molar-refractivity contribution is -0.115. The zero-order valence-electron chi connectivity index (χ0n) is 10.1. The van der Waals surface area contributed by atoms with Crippen molar-refractivity contribution in [3.63, 3.8) is 0 Å². The van der Waals surface area contributed by atoms with Crippen LogP contribution in [-0.2, 0) is 4.79 Å². The summed E-state index contributed by atoms with van der Waals surface area (Å²) in [5.41, 5.74) is 0.916. The summed E-state index contributed by atoms with van der Waals surface area (Å²) in [6, 6.07) is 15.1. The number of carbonyl (C=O) groups is 1. The second-order valence-electron chi connectivity index (χ2n) is 4.12. The largest absolute Gasteiger partial charge is 0.309 e. The van der Waals surface area contributed by atoms with Gasteiger partial charge in [0.1, 0.15) is 12.4 Å². The van der Waals surface area contributed by atoms with Gasteiger partial charge >= 0.3 is 0 Å². The molecule has 94 valence electrons. The number of hydrogen-bond acceptors (Lipinski definition) is 3. The molecule has 2 heterocycles. The smallest absolute Gasteiger partial charge is 0.254 e. The van der Waals surface area contributed by atoms with Crippen LogP contribution in [0, 0.1) is 0 Å². The molecule has 1 aromatic carbocycles. The molecule has 1 aliphatic rings. The van der Waals surface area contributed by atoms with Gasteiger partial charge in [0.2, 0.25) is 0 Å². The Morgan fingerprint density at radius 3 is 2.47 bits per heavy atom. The van der Waals surface area contributed by atoms with E-state index in [4.69, 9.17) is 12.2 Å². The van der Waals surface area contributed by atoms with Crippen molar-refractivity contribution in [1.29, 1.82) is 0 Å². The molecular formula is C14H11N3OS. The first-order valence-corrected chi connectivity index (χ1v) is 6.29. The van der Waals surface area contributed by atoms with E-state index in [9.17, 15) is 4.79 Å². The highest BCUT2D eigenvalue weighted by Gasteiger charge is 2.35. The van der Waals surface area contributed by atoms with Crippen molar-refractivity contribution >= 4 is 34.7 Å². The highest BCUT2D eigenvalue weighted by Crippen LogP contribution is 2.24. The second-order valence-corrected chi connectivity index (χ2v) is 4.49. The molecule has 0 bridgehead atoms. The Labute approximate surface area is 116 Å². The molecule has 5 heteroatoms. The summed E-state index contributed by atoms with van der Waals surface area (Å²) in [4.78, 5) is 19.6. The standard InChI is InChI=1S/C14H11N3OS/c18-13-10-16(11-6-2-1-3-7-11)14(19)17(13)12-8-4-5-9-15-12/h1-9H,10H2. The van der Waals surface area contributed by atoms with Gasteiger partial charge in [-0.3, -0.25) is 4.79 Å². The van der Waals surface area contributed by atoms with Gasteiger partial charge in [-0.15, -0.1) is 0 Å². The van der Waals surface area contributed by atoms with Gasteiger partial charge in [-0.2, -0.15) is 0 Å². The zero-order valence-corrected chi connectivity index (χ0v) is 10.9. The molecule has 1 aliphatic heterocycles. The lowest BCUT2D eigenvalue weighted by atomic mass is 10.3. The van der Waals surface area contributed by atoms with Gasteiger partial charge in [-0.05, 0) is 36.5 Å². The Kier molecular flexibility index (Phi) is 2.97. The first-order valence-electron chi connectivity index (χ1n) is 5.88. The van der Waals surface area contributed by atoms with Crippen molar-refractivity contribution in [1.82, 2.24) is 4.98 Å². The highest BCUT2D eigenvalue weighted by atomic mass is 32.1. The Morgan fingerprint density at radius 2 is 1.79 bits per heavy atom. The lowest BCUT2D eigenvalue weighted by Gasteiger charge is -2.19. The van der Waals surface area contributed by atoms with Crippen LogP contribution in [0.1, 0.15) is 0 Å². The van der Waals surface area contributed by atoms with E-state index < -0.39 is 0 Å². The summed E-state index contributed by atoms with van der Waals surface area (Å²) in [5, 5.41) is 0.468. The van der Waals surface area contributed by atoms with Crippen molar-refractivity contribution in [2.45, 2.75) is 0 Å². The molecule has 0 saturated carbocycles. The van der Waals surface area contributed by atoms with Crippen LogP contribution in [-0.4, -0.2) is 22.5 Å². The van der Waals surface area contributed by atoms with Gasteiger partial charge < -0.3 is 4.90 Å². The molecular weight excluding hydrogens is 258 g/mol. The molecule has 0 spiro atoms. The monoisotopic (exact) mass is 269 g/mol. The second kappa shape index (κ2) is 4.78. The van der Waals surface area contributed by atoms with E-state index >= 15 is 0 Å². The van der Waals surface area contributed by atoms with Gasteiger partial charge in [-0.25, -0.2) is 9.88 Å². The van der Waals surface area contributed by atoms with E-state index in [1.54, 1.807) is 12.3 Å². The van der Waals surface area contributed by atoms with Crippen molar-refractivity contribution in [3.8, 4) is 0 Å². The SMILES string of the molecule is O=C1CN(c2ccccc2)C(=S)N1c1ccccn1. The van der Waals surface area contributed by atoms with Crippen LogP contribution in [0.15, 0.2) is 54.7 Å². The average molecular weight is 269 g/mol. The van der Waals surface area contributed by atoms with Gasteiger partial charge in [0.25, 0.3) is 5.91 Å². The summed E-state index contributed by atoms with van der Waals surface area (Å²) < 4.78 is 0. The number of anilines is 2. The molecule has 1 aromatic heterocycles. The fourth-order valence-electron chi connectivity index (χ4n) is 2.02.